The summed E-state index contributed by atoms with van der Waals surface area (Å²) in [5, 5.41) is 0. The van der Waals surface area contributed by atoms with Gasteiger partial charge in [0.15, 0.2) is 0 Å². The van der Waals surface area contributed by atoms with Crippen molar-refractivity contribution in [2.75, 3.05) is 0 Å². The Hall–Kier alpha value is -2.08. The first-order chi connectivity index (χ1) is 8.81. The average molecular weight is 234 g/mol. The molecular formula is C18H18. The molecule has 0 nitrogen and oxygen atoms in total. The second-order valence-corrected chi connectivity index (χ2v) is 4.32. The van der Waals surface area contributed by atoms with Gasteiger partial charge in [-0.1, -0.05) is 72.8 Å². The Bertz CT molecular complexity index is 574. The largest absolute Gasteiger partial charge is 0.0870 e. The van der Waals surface area contributed by atoms with Crippen LogP contribution in [0.25, 0.3) is 18.2 Å². The van der Waals surface area contributed by atoms with Crippen molar-refractivity contribution < 1.29 is 0 Å². The summed E-state index contributed by atoms with van der Waals surface area (Å²) in [6.45, 7) is 4.18. The predicted molar refractivity (Wildman–Crippen MR) is 81.3 cm³/mol. The molecule has 0 aliphatic carbocycles. The Labute approximate surface area is 109 Å². The Morgan fingerprint density at radius 1 is 0.667 bits per heavy atom. The highest BCUT2D eigenvalue weighted by atomic mass is 14.0. The Morgan fingerprint density at radius 2 is 1.17 bits per heavy atom. The number of aryl methyl sites for hydroxylation is 1. The van der Waals surface area contributed by atoms with Crippen molar-refractivity contribution in [3.63, 3.8) is 0 Å². The average Bonchev–Trinajstić information content (AvgIpc) is 2.40. The molecule has 18 heavy (non-hydrogen) atoms. The van der Waals surface area contributed by atoms with E-state index < -0.39 is 0 Å². The third kappa shape index (κ3) is 2.98. The summed E-state index contributed by atoms with van der Waals surface area (Å²) < 4.78 is 0. The van der Waals surface area contributed by atoms with E-state index in [4.69, 9.17) is 0 Å². The molecule has 0 heteroatoms. The first kappa shape index (κ1) is 12.4. The summed E-state index contributed by atoms with van der Waals surface area (Å²) in [5.41, 5.74) is 5.08. The van der Waals surface area contributed by atoms with Gasteiger partial charge in [-0.15, -0.1) is 0 Å². The van der Waals surface area contributed by atoms with Crippen LogP contribution in [0.1, 0.15) is 29.2 Å². The molecule has 0 aromatic heterocycles. The van der Waals surface area contributed by atoms with Crippen molar-refractivity contribution in [2.24, 2.45) is 0 Å². The number of hydrogen-bond acceptors (Lipinski definition) is 0. The lowest BCUT2D eigenvalue weighted by molar-refractivity contribution is 1.45. The summed E-state index contributed by atoms with van der Waals surface area (Å²) in [7, 11) is 0. The number of benzene rings is 2. The molecule has 2 aromatic carbocycles. The van der Waals surface area contributed by atoms with Crippen LogP contribution in [0.4, 0.5) is 0 Å². The van der Waals surface area contributed by atoms with Crippen molar-refractivity contribution in [1.82, 2.24) is 0 Å². The van der Waals surface area contributed by atoms with Gasteiger partial charge in [0.2, 0.25) is 0 Å². The van der Waals surface area contributed by atoms with Gasteiger partial charge in [-0.05, 0) is 36.1 Å². The van der Waals surface area contributed by atoms with E-state index in [1.165, 1.54) is 22.3 Å². The van der Waals surface area contributed by atoms with E-state index in [9.17, 15) is 0 Å². The highest BCUT2D eigenvalue weighted by Gasteiger charge is 1.95. The predicted octanol–water partition coefficient (Wildman–Crippen LogP) is 5.20. The monoisotopic (exact) mass is 234 g/mol. The Morgan fingerprint density at radius 3 is 1.78 bits per heavy atom. The van der Waals surface area contributed by atoms with Crippen molar-refractivity contribution in [3.05, 3.63) is 76.9 Å². The fraction of sp³-hybridized carbons (Fsp3) is 0.111. The van der Waals surface area contributed by atoms with Crippen LogP contribution < -0.4 is 0 Å². The molecule has 0 N–H and O–H groups in total. The maximum atomic E-state index is 2.18. The van der Waals surface area contributed by atoms with Crippen LogP contribution in [0.2, 0.25) is 0 Å². The first-order valence-electron chi connectivity index (χ1n) is 6.26. The third-order valence-corrected chi connectivity index (χ3v) is 2.97. The lowest BCUT2D eigenvalue weighted by Gasteiger charge is -2.02. The summed E-state index contributed by atoms with van der Waals surface area (Å²) in [5.74, 6) is 0. The summed E-state index contributed by atoms with van der Waals surface area (Å²) in [6, 6.07) is 16.8. The van der Waals surface area contributed by atoms with Crippen LogP contribution in [0.3, 0.4) is 0 Å². The second kappa shape index (κ2) is 6.02. The third-order valence-electron chi connectivity index (χ3n) is 2.97. The standard InChI is InChI=1S/C18H18/c1-3-8-17-11-6-7-12-18(17)14-13-16-10-5-4-9-15(16)2/h3-14H,1-2H3/b8-3-,14-13+. The van der Waals surface area contributed by atoms with Crippen LogP contribution in [-0.2, 0) is 0 Å². The number of rotatable bonds is 3. The van der Waals surface area contributed by atoms with Gasteiger partial charge in [0.25, 0.3) is 0 Å². The van der Waals surface area contributed by atoms with E-state index in [0.29, 0.717) is 0 Å². The minimum Gasteiger partial charge on any atom is -0.0870 e. The highest BCUT2D eigenvalue weighted by molar-refractivity contribution is 5.75. The van der Waals surface area contributed by atoms with Gasteiger partial charge in [0.05, 0.1) is 0 Å². The van der Waals surface area contributed by atoms with Crippen molar-refractivity contribution >= 4 is 18.2 Å². The van der Waals surface area contributed by atoms with Crippen LogP contribution in [0, 0.1) is 6.92 Å². The fourth-order valence-electron chi connectivity index (χ4n) is 1.95. The van der Waals surface area contributed by atoms with Crippen LogP contribution in [0.15, 0.2) is 54.6 Å². The maximum absolute atomic E-state index is 2.18. The molecule has 0 heterocycles. The Balaban J connectivity index is 2.32. The fourth-order valence-corrected chi connectivity index (χ4v) is 1.95. The number of allylic oxidation sites excluding steroid dienone is 1. The summed E-state index contributed by atoms with van der Waals surface area (Å²) in [4.78, 5) is 0. The van der Waals surface area contributed by atoms with Gasteiger partial charge in [-0.2, -0.15) is 0 Å². The van der Waals surface area contributed by atoms with Crippen molar-refractivity contribution in [3.8, 4) is 0 Å². The highest BCUT2D eigenvalue weighted by Crippen LogP contribution is 2.16. The molecule has 0 aliphatic rings. The molecule has 0 atom stereocenters. The number of hydrogen-bond donors (Lipinski definition) is 0. The SMILES string of the molecule is C/C=C\c1ccccc1/C=C/c1ccccc1C. The summed E-state index contributed by atoms with van der Waals surface area (Å²) in [6.07, 6.45) is 8.56. The minimum atomic E-state index is 1.25. The van der Waals surface area contributed by atoms with E-state index in [0.717, 1.165) is 0 Å². The van der Waals surface area contributed by atoms with Crippen LogP contribution >= 0.6 is 0 Å². The molecule has 2 rings (SSSR count). The zero-order chi connectivity index (χ0) is 12.8. The van der Waals surface area contributed by atoms with Crippen molar-refractivity contribution in [1.29, 1.82) is 0 Å². The van der Waals surface area contributed by atoms with E-state index in [-0.39, 0.29) is 0 Å². The van der Waals surface area contributed by atoms with Gasteiger partial charge in [0.1, 0.15) is 0 Å². The molecule has 0 unspecified atom stereocenters. The second-order valence-electron chi connectivity index (χ2n) is 4.32. The first-order valence-corrected chi connectivity index (χ1v) is 6.26. The topological polar surface area (TPSA) is 0 Å². The molecular weight excluding hydrogens is 216 g/mol. The van der Waals surface area contributed by atoms with Crippen molar-refractivity contribution in [2.45, 2.75) is 13.8 Å². The van der Waals surface area contributed by atoms with E-state index in [1.54, 1.807) is 0 Å². The van der Waals surface area contributed by atoms with Gasteiger partial charge < -0.3 is 0 Å². The molecule has 0 saturated heterocycles. The molecule has 2 aromatic rings. The van der Waals surface area contributed by atoms with Gasteiger partial charge in [-0.25, -0.2) is 0 Å². The normalized spacial score (nSPS) is 11.4. The zero-order valence-corrected chi connectivity index (χ0v) is 10.9. The van der Waals surface area contributed by atoms with Gasteiger partial charge in [0, 0.05) is 0 Å². The van der Waals surface area contributed by atoms with Crippen LogP contribution in [-0.4, -0.2) is 0 Å². The molecule has 0 bridgehead atoms. The summed E-state index contributed by atoms with van der Waals surface area (Å²) >= 11 is 0. The van der Waals surface area contributed by atoms with E-state index in [1.807, 2.05) is 6.92 Å². The lowest BCUT2D eigenvalue weighted by atomic mass is 10.0. The van der Waals surface area contributed by atoms with Crippen LogP contribution in [0.5, 0.6) is 0 Å². The van der Waals surface area contributed by atoms with Gasteiger partial charge >= 0.3 is 0 Å². The Kier molecular flexibility index (Phi) is 4.14. The molecule has 0 fully saturated rings. The maximum Gasteiger partial charge on any atom is -0.0184 e. The quantitative estimate of drug-likeness (QED) is 0.640. The molecule has 0 aliphatic heterocycles. The van der Waals surface area contributed by atoms with E-state index in [2.05, 4.69) is 79.8 Å². The minimum absolute atomic E-state index is 1.25. The zero-order valence-electron chi connectivity index (χ0n) is 10.9. The van der Waals surface area contributed by atoms with Gasteiger partial charge in [-0.3, -0.25) is 0 Å². The lowest BCUT2D eigenvalue weighted by Crippen LogP contribution is -1.81. The molecule has 90 valence electrons. The molecule has 0 radical (unpaired) electrons. The molecule has 0 amide bonds. The molecule has 0 spiro atoms. The smallest absolute Gasteiger partial charge is 0.0184 e. The molecule has 0 saturated carbocycles. The van der Waals surface area contributed by atoms with E-state index >= 15 is 0 Å².